The Hall–Kier alpha value is -2.09. The topological polar surface area (TPSA) is 76.2 Å². The van der Waals surface area contributed by atoms with Crippen LogP contribution in [-0.4, -0.2) is 11.5 Å². The molecule has 1 aromatic rings. The van der Waals surface area contributed by atoms with Crippen LogP contribution in [0.15, 0.2) is 18.2 Å². The summed E-state index contributed by atoms with van der Waals surface area (Å²) in [6.07, 6.45) is 0.775. The van der Waals surface area contributed by atoms with Gasteiger partial charge in [0.05, 0.1) is 23.2 Å². The fraction of sp³-hybridized carbons (Fsp3) is 0.300. The van der Waals surface area contributed by atoms with Gasteiger partial charge in [-0.1, -0.05) is 6.92 Å². The van der Waals surface area contributed by atoms with Gasteiger partial charge >= 0.3 is 5.69 Å². The molecule has 1 rings (SSSR count). The minimum atomic E-state index is -0.550. The minimum Gasteiger partial charge on any atom is -0.487 e. The number of hydrogen-bond donors (Lipinski definition) is 0. The van der Waals surface area contributed by atoms with Crippen LogP contribution in [0.5, 0.6) is 5.75 Å². The number of nitrogens with zero attached hydrogens (tertiary/aromatic N) is 2. The third-order valence-corrected chi connectivity index (χ3v) is 1.75. The Morgan fingerprint density at radius 1 is 1.60 bits per heavy atom. The van der Waals surface area contributed by atoms with E-state index < -0.39 is 4.92 Å². The number of nitriles is 1. The lowest BCUT2D eigenvalue weighted by atomic mass is 10.2. The van der Waals surface area contributed by atoms with E-state index in [0.717, 1.165) is 6.42 Å². The highest BCUT2D eigenvalue weighted by Gasteiger charge is 2.15. The SMILES string of the molecule is CCCOc1ccc(C#N)cc1[N+](=O)[O-]. The van der Waals surface area contributed by atoms with Crippen molar-refractivity contribution >= 4 is 5.69 Å². The highest BCUT2D eigenvalue weighted by molar-refractivity contribution is 5.51. The molecule has 0 unspecified atom stereocenters. The predicted molar refractivity (Wildman–Crippen MR) is 53.6 cm³/mol. The zero-order valence-corrected chi connectivity index (χ0v) is 8.27. The van der Waals surface area contributed by atoms with E-state index in [4.69, 9.17) is 10.00 Å². The zero-order chi connectivity index (χ0) is 11.3. The molecule has 0 N–H and O–H groups in total. The van der Waals surface area contributed by atoms with E-state index in [0.29, 0.717) is 6.61 Å². The molecule has 0 amide bonds. The maximum Gasteiger partial charge on any atom is 0.312 e. The van der Waals surface area contributed by atoms with Gasteiger partial charge in [0.1, 0.15) is 0 Å². The Labute approximate surface area is 87.1 Å². The lowest BCUT2D eigenvalue weighted by Gasteiger charge is -2.04. The number of benzene rings is 1. The lowest BCUT2D eigenvalue weighted by Crippen LogP contribution is -1.99. The quantitative estimate of drug-likeness (QED) is 0.559. The minimum absolute atomic E-state index is 0.164. The number of hydrogen-bond acceptors (Lipinski definition) is 4. The Balaban J connectivity index is 3.05. The van der Waals surface area contributed by atoms with E-state index >= 15 is 0 Å². The summed E-state index contributed by atoms with van der Waals surface area (Å²) in [5.41, 5.74) is 0.0908. The van der Waals surface area contributed by atoms with Crippen molar-refractivity contribution in [3.63, 3.8) is 0 Å². The molecule has 0 spiro atoms. The van der Waals surface area contributed by atoms with Crippen LogP contribution < -0.4 is 4.74 Å². The van der Waals surface area contributed by atoms with Gasteiger partial charge in [0.15, 0.2) is 5.75 Å². The first-order valence-electron chi connectivity index (χ1n) is 4.50. The highest BCUT2D eigenvalue weighted by atomic mass is 16.6. The van der Waals surface area contributed by atoms with E-state index in [9.17, 15) is 10.1 Å². The van der Waals surface area contributed by atoms with Crippen LogP contribution >= 0.6 is 0 Å². The van der Waals surface area contributed by atoms with Gasteiger partial charge in [0.25, 0.3) is 0 Å². The Kier molecular flexibility index (Phi) is 3.63. The molecule has 0 radical (unpaired) electrons. The summed E-state index contributed by atoms with van der Waals surface area (Å²) in [5.74, 6) is 0.209. The van der Waals surface area contributed by atoms with E-state index in [2.05, 4.69) is 0 Å². The van der Waals surface area contributed by atoms with Gasteiger partial charge in [0.2, 0.25) is 0 Å². The fourth-order valence-corrected chi connectivity index (χ4v) is 1.06. The first kappa shape index (κ1) is 11.0. The molecule has 0 heterocycles. The molecule has 5 nitrogen and oxygen atoms in total. The molecule has 0 saturated heterocycles. The first-order valence-corrected chi connectivity index (χ1v) is 4.50. The van der Waals surface area contributed by atoms with Crippen LogP contribution in [0.1, 0.15) is 18.9 Å². The summed E-state index contributed by atoms with van der Waals surface area (Å²) < 4.78 is 5.20. The molecular weight excluding hydrogens is 196 g/mol. The van der Waals surface area contributed by atoms with Gasteiger partial charge in [-0.2, -0.15) is 5.26 Å². The Morgan fingerprint density at radius 2 is 2.33 bits per heavy atom. The van der Waals surface area contributed by atoms with E-state index in [1.54, 1.807) is 0 Å². The molecule has 0 aliphatic carbocycles. The van der Waals surface area contributed by atoms with Crippen LogP contribution in [0.2, 0.25) is 0 Å². The molecular formula is C10H10N2O3. The Morgan fingerprint density at radius 3 is 2.87 bits per heavy atom. The van der Waals surface area contributed by atoms with Crippen LogP contribution in [0.4, 0.5) is 5.69 Å². The monoisotopic (exact) mass is 206 g/mol. The number of nitro benzene ring substituents is 1. The van der Waals surface area contributed by atoms with E-state index in [1.807, 2.05) is 13.0 Å². The van der Waals surface area contributed by atoms with Crippen LogP contribution in [0, 0.1) is 21.4 Å². The molecule has 15 heavy (non-hydrogen) atoms. The van der Waals surface area contributed by atoms with Crippen LogP contribution in [0.25, 0.3) is 0 Å². The maximum absolute atomic E-state index is 10.7. The van der Waals surface area contributed by atoms with Gasteiger partial charge in [-0.15, -0.1) is 0 Å². The van der Waals surface area contributed by atoms with Crippen molar-refractivity contribution in [3.05, 3.63) is 33.9 Å². The number of nitro groups is 1. The first-order chi connectivity index (χ1) is 7.19. The predicted octanol–water partition coefficient (Wildman–Crippen LogP) is 2.26. The summed E-state index contributed by atoms with van der Waals surface area (Å²) in [6, 6.07) is 6.01. The summed E-state index contributed by atoms with van der Waals surface area (Å²) in [5, 5.41) is 19.3. The smallest absolute Gasteiger partial charge is 0.312 e. The molecule has 1 aromatic carbocycles. The third kappa shape index (κ3) is 2.68. The van der Waals surface area contributed by atoms with Gasteiger partial charge < -0.3 is 4.74 Å². The van der Waals surface area contributed by atoms with Crippen molar-refractivity contribution in [2.24, 2.45) is 0 Å². The van der Waals surface area contributed by atoms with Crippen molar-refractivity contribution in [2.45, 2.75) is 13.3 Å². The van der Waals surface area contributed by atoms with Crippen molar-refractivity contribution in [1.82, 2.24) is 0 Å². The largest absolute Gasteiger partial charge is 0.487 e. The molecule has 0 aromatic heterocycles. The summed E-state index contributed by atoms with van der Waals surface area (Å²) in [6.45, 7) is 2.34. The molecule has 5 heteroatoms. The normalized spacial score (nSPS) is 9.33. The molecule has 0 aliphatic rings. The standard InChI is InChI=1S/C10H10N2O3/c1-2-5-15-10-4-3-8(7-11)6-9(10)12(13)14/h3-4,6H,2,5H2,1H3. The highest BCUT2D eigenvalue weighted by Crippen LogP contribution is 2.27. The van der Waals surface area contributed by atoms with Gasteiger partial charge in [-0.3, -0.25) is 10.1 Å². The van der Waals surface area contributed by atoms with Crippen LogP contribution in [-0.2, 0) is 0 Å². The average Bonchev–Trinajstić information content (AvgIpc) is 2.26. The van der Waals surface area contributed by atoms with Gasteiger partial charge in [-0.25, -0.2) is 0 Å². The molecule has 0 fully saturated rings. The number of rotatable bonds is 4. The Bertz CT molecular complexity index is 410. The maximum atomic E-state index is 10.7. The van der Waals surface area contributed by atoms with Crippen molar-refractivity contribution in [1.29, 1.82) is 5.26 Å². The van der Waals surface area contributed by atoms with Crippen molar-refractivity contribution in [3.8, 4) is 11.8 Å². The molecule has 0 atom stereocenters. The van der Waals surface area contributed by atoms with E-state index in [-0.39, 0.29) is 17.0 Å². The summed E-state index contributed by atoms with van der Waals surface area (Å²) >= 11 is 0. The zero-order valence-electron chi connectivity index (χ0n) is 8.27. The summed E-state index contributed by atoms with van der Waals surface area (Å²) in [7, 11) is 0. The molecule has 0 bridgehead atoms. The van der Waals surface area contributed by atoms with Gasteiger partial charge in [0, 0.05) is 6.07 Å². The van der Waals surface area contributed by atoms with Crippen molar-refractivity contribution in [2.75, 3.05) is 6.61 Å². The second kappa shape index (κ2) is 4.96. The average molecular weight is 206 g/mol. The second-order valence-corrected chi connectivity index (χ2v) is 2.90. The molecule has 78 valence electrons. The second-order valence-electron chi connectivity index (χ2n) is 2.90. The third-order valence-electron chi connectivity index (χ3n) is 1.75. The van der Waals surface area contributed by atoms with Crippen LogP contribution in [0.3, 0.4) is 0 Å². The van der Waals surface area contributed by atoms with Gasteiger partial charge in [-0.05, 0) is 18.6 Å². The molecule has 0 saturated carbocycles. The van der Waals surface area contributed by atoms with Crippen molar-refractivity contribution < 1.29 is 9.66 Å². The lowest BCUT2D eigenvalue weighted by molar-refractivity contribution is -0.385. The summed E-state index contributed by atoms with van der Waals surface area (Å²) in [4.78, 5) is 10.1. The number of ether oxygens (including phenoxy) is 1. The molecule has 0 aliphatic heterocycles. The van der Waals surface area contributed by atoms with E-state index in [1.165, 1.54) is 18.2 Å². The fourth-order valence-electron chi connectivity index (χ4n) is 1.06.